The number of rotatable bonds is 22. The number of phosphoric ester groups is 1. The fourth-order valence-corrected chi connectivity index (χ4v) is 10.3. The molecule has 6 atom stereocenters. The van der Waals surface area contributed by atoms with Gasteiger partial charge >= 0.3 is 29.4 Å². The molecule has 27 heteroatoms. The van der Waals surface area contributed by atoms with Crippen molar-refractivity contribution in [2.45, 2.75) is 83.0 Å². The van der Waals surface area contributed by atoms with E-state index in [0.29, 0.717) is 24.7 Å². The molecule has 0 spiro atoms. The van der Waals surface area contributed by atoms with E-state index >= 15 is 0 Å². The van der Waals surface area contributed by atoms with Crippen molar-refractivity contribution in [3.05, 3.63) is 22.1 Å². The predicted octanol–water partition coefficient (Wildman–Crippen LogP) is 3.99. The maximum atomic E-state index is 13.0. The fourth-order valence-electron chi connectivity index (χ4n) is 4.58. The molecule has 2 aromatic heterocycles. The lowest BCUT2D eigenvalue weighted by Gasteiger charge is -2.21. The molecule has 0 bridgehead atoms. The van der Waals surface area contributed by atoms with Crippen molar-refractivity contribution in [1.29, 1.82) is 0 Å². The molecule has 1 saturated heterocycles. The average molecular weight is 915 g/mol. The van der Waals surface area contributed by atoms with E-state index in [1.54, 1.807) is 21.6 Å². The first kappa shape index (κ1) is 48.2. The molecule has 3 heterocycles. The number of phosphoric acid groups is 3. The number of esters is 1. The van der Waals surface area contributed by atoms with Gasteiger partial charge < -0.3 is 48.8 Å². The number of aromatic amines is 1. The summed E-state index contributed by atoms with van der Waals surface area (Å²) in [6.45, 7) is 8.27. The van der Waals surface area contributed by atoms with Gasteiger partial charge in [-0.3, -0.25) is 19.1 Å². The first-order valence-corrected chi connectivity index (χ1v) is 25.7. The Morgan fingerprint density at radius 3 is 2.56 bits per heavy atom. The Kier molecular flexibility index (Phi) is 19.0. The monoisotopic (exact) mass is 914 g/mol. The zero-order chi connectivity index (χ0) is 41.0. The number of hydrogen-bond donors (Lipinski definition) is 6. The topological polar surface area (TPSA) is 291 Å². The van der Waals surface area contributed by atoms with Crippen LogP contribution in [0, 0.1) is 11.8 Å². The van der Waals surface area contributed by atoms with Gasteiger partial charge in [0.25, 0.3) is 5.56 Å². The summed E-state index contributed by atoms with van der Waals surface area (Å²) in [5.74, 6) is 6.39. The Hall–Kier alpha value is -1.19. The molecule has 1 fully saturated rings. The summed E-state index contributed by atoms with van der Waals surface area (Å²) in [4.78, 5) is 69.0. The minimum absolute atomic E-state index is 0.00860. The van der Waals surface area contributed by atoms with Crippen LogP contribution in [0.4, 0.5) is 5.95 Å². The van der Waals surface area contributed by atoms with Crippen LogP contribution in [-0.2, 0) is 71.2 Å². The molecule has 1 aliphatic heterocycles. The molecule has 0 radical (unpaired) electrons. The van der Waals surface area contributed by atoms with Gasteiger partial charge in [0.1, 0.15) is 18.3 Å². The normalized spacial score (nSPS) is 20.4. The Labute approximate surface area is 332 Å². The third-order valence-corrected chi connectivity index (χ3v) is 15.7. The number of hydrogen-bond acceptors (Lipinski definition) is 17. The van der Waals surface area contributed by atoms with E-state index in [9.17, 15) is 33.1 Å². The van der Waals surface area contributed by atoms with Crippen molar-refractivity contribution in [2.24, 2.45) is 0 Å². The molecule has 7 N–H and O–H groups in total. The highest BCUT2D eigenvalue weighted by Crippen LogP contribution is 2.66. The van der Waals surface area contributed by atoms with Gasteiger partial charge in [-0.1, -0.05) is 70.6 Å². The number of H-pyrrole nitrogens is 1. The number of fused-ring (bicyclic) bond motifs is 1. The molecule has 1 aliphatic rings. The molecule has 0 amide bonds. The molecule has 20 nitrogen and oxygen atoms in total. The Balaban J connectivity index is 1.67. The molecular weight excluding hydrogens is 870 g/mol. The maximum absolute atomic E-state index is 13.0. The number of anilines is 1. The highest BCUT2D eigenvalue weighted by molar-refractivity contribution is 8.77. The van der Waals surface area contributed by atoms with Crippen molar-refractivity contribution in [2.75, 3.05) is 43.2 Å². The highest BCUT2D eigenvalue weighted by atomic mass is 33.1. The van der Waals surface area contributed by atoms with E-state index in [1.165, 1.54) is 10.8 Å². The SMILES string of the molecule is CCS(=S)CO[C@H]1C[C@H](n2cc(C#CCCC(=O)OCCCCOCSSC(C)(C)C)c3c(=O)[nH]c(N)nc32)O[C@@H]1COP(=O)(O)OP(=O)(O)OP(=O)(O)O. The van der Waals surface area contributed by atoms with Crippen LogP contribution in [0.2, 0.25) is 0 Å². The minimum atomic E-state index is -5.76. The number of carbonyl (C=O) groups excluding carboxylic acids is 1. The fraction of sp³-hybridized carbons (Fsp3) is 0.679. The van der Waals surface area contributed by atoms with Crippen LogP contribution in [0.25, 0.3) is 11.0 Å². The van der Waals surface area contributed by atoms with Crippen LogP contribution >= 0.6 is 45.1 Å². The number of nitrogens with two attached hydrogens (primary N) is 1. The van der Waals surface area contributed by atoms with Gasteiger partial charge in [-0.25, -0.2) is 13.7 Å². The standard InChI is InChI=1S/C28H45N4O16P3S4/c1-5-55(52)18-44-20-14-22(46-21(20)16-45-50(38,39)48-51(40,41)47-49(35,36)37)32-15-19(24-25(32)30-27(29)31-26(24)34)10-6-7-11-23(33)43-13-9-8-12-42-17-53-54-28(2,3)4/h15,20-22H,5,7-9,11-14,16-18H2,1-4H3,(H,38,39)(H,40,41)(H2,35,36,37)(H3,29,30,31,34)/t20-,21+,22+,55?/m0/s1. The van der Waals surface area contributed by atoms with Crippen molar-refractivity contribution in [3.8, 4) is 11.8 Å². The third-order valence-electron chi connectivity index (χ3n) is 6.81. The number of aromatic nitrogens is 3. The predicted molar refractivity (Wildman–Crippen MR) is 210 cm³/mol. The van der Waals surface area contributed by atoms with Gasteiger partial charge in [0, 0.05) is 30.4 Å². The molecule has 3 rings (SSSR count). The zero-order valence-corrected chi connectivity index (χ0v) is 36.2. The molecular formula is C28H45N4O16P3S4. The van der Waals surface area contributed by atoms with Crippen LogP contribution in [0.1, 0.15) is 71.6 Å². The Morgan fingerprint density at radius 2 is 1.89 bits per heavy atom. The first-order chi connectivity index (χ1) is 25.6. The number of carbonyl (C=O) groups is 1. The zero-order valence-electron chi connectivity index (χ0n) is 30.2. The number of ether oxygens (including phenoxy) is 4. The largest absolute Gasteiger partial charge is 0.490 e. The highest BCUT2D eigenvalue weighted by Gasteiger charge is 2.44. The van der Waals surface area contributed by atoms with Gasteiger partial charge in [0.15, 0.2) is 5.65 Å². The average Bonchev–Trinajstić information content (AvgIpc) is 3.62. The lowest BCUT2D eigenvalue weighted by atomic mass is 10.2. The molecule has 0 aromatic carbocycles. The van der Waals surface area contributed by atoms with Crippen LogP contribution in [0.5, 0.6) is 0 Å². The van der Waals surface area contributed by atoms with E-state index in [0.717, 1.165) is 6.42 Å². The van der Waals surface area contributed by atoms with Gasteiger partial charge in [0.05, 0.1) is 42.6 Å². The summed E-state index contributed by atoms with van der Waals surface area (Å²) < 4.78 is 72.0. The molecule has 3 unspecified atom stereocenters. The molecule has 312 valence electrons. The van der Waals surface area contributed by atoms with Crippen LogP contribution in [0.3, 0.4) is 0 Å². The number of nitrogen functional groups attached to an aromatic ring is 1. The molecule has 0 saturated carbocycles. The van der Waals surface area contributed by atoms with Crippen LogP contribution in [0.15, 0.2) is 11.0 Å². The summed E-state index contributed by atoms with van der Waals surface area (Å²) in [5, 5.41) is 0.0674. The first-order valence-electron chi connectivity index (χ1n) is 16.4. The quantitative estimate of drug-likeness (QED) is 0.0243. The Bertz CT molecular complexity index is 1910. The number of nitrogens with one attached hydrogen (secondary N) is 1. The second kappa shape index (κ2) is 21.7. The van der Waals surface area contributed by atoms with Gasteiger partial charge in [-0.15, -0.1) is 0 Å². The molecule has 55 heavy (non-hydrogen) atoms. The van der Waals surface area contributed by atoms with Crippen LogP contribution in [-0.4, -0.2) is 94.5 Å². The van der Waals surface area contributed by atoms with E-state index in [-0.39, 0.29) is 59.1 Å². The van der Waals surface area contributed by atoms with Gasteiger partial charge in [-0.2, -0.15) is 13.6 Å². The number of unbranched alkanes of at least 4 members (excludes halogenated alkanes) is 1. The van der Waals surface area contributed by atoms with Gasteiger partial charge in [-0.05, 0) is 29.8 Å². The summed E-state index contributed by atoms with van der Waals surface area (Å²) in [6, 6.07) is 0. The van der Waals surface area contributed by atoms with Gasteiger partial charge in [0.2, 0.25) is 5.95 Å². The van der Waals surface area contributed by atoms with Crippen molar-refractivity contribution < 1.29 is 70.2 Å². The van der Waals surface area contributed by atoms with Crippen molar-refractivity contribution >= 4 is 88.6 Å². The van der Waals surface area contributed by atoms with E-state index in [1.807, 2.05) is 6.92 Å². The lowest BCUT2D eigenvalue weighted by molar-refractivity contribution is -0.143. The van der Waals surface area contributed by atoms with E-state index < -0.39 is 69.5 Å². The molecule has 0 aliphatic carbocycles. The van der Waals surface area contributed by atoms with Crippen molar-refractivity contribution in [1.82, 2.24) is 14.5 Å². The minimum Gasteiger partial charge on any atom is -0.466 e. The second-order valence-electron chi connectivity index (χ2n) is 12.5. The third kappa shape index (κ3) is 17.7. The lowest BCUT2D eigenvalue weighted by Crippen LogP contribution is -2.30. The van der Waals surface area contributed by atoms with E-state index in [4.69, 9.17) is 50.2 Å². The summed E-state index contributed by atoms with van der Waals surface area (Å²) in [6.07, 6.45) is 0.0867. The summed E-state index contributed by atoms with van der Waals surface area (Å²) in [5.41, 5.74) is 5.55. The summed E-state index contributed by atoms with van der Waals surface area (Å²) in [7, 11) is -14.0. The van der Waals surface area contributed by atoms with Crippen molar-refractivity contribution in [3.63, 3.8) is 0 Å². The maximum Gasteiger partial charge on any atom is 0.490 e. The number of nitrogens with zero attached hydrogens (tertiary/aromatic N) is 2. The Morgan fingerprint density at radius 1 is 1.18 bits per heavy atom. The van der Waals surface area contributed by atoms with Crippen LogP contribution < -0.4 is 11.3 Å². The molecule has 2 aromatic rings. The second-order valence-corrected chi connectivity index (χ2v) is 23.1. The van der Waals surface area contributed by atoms with E-state index in [2.05, 4.69) is 51.2 Å². The smallest absolute Gasteiger partial charge is 0.466 e. The summed E-state index contributed by atoms with van der Waals surface area (Å²) >= 11 is 5.35.